The molecule has 1 aromatic carbocycles. The van der Waals surface area contributed by atoms with E-state index in [0.29, 0.717) is 5.92 Å². The molecule has 0 unspecified atom stereocenters. The molecule has 8 heteroatoms. The van der Waals surface area contributed by atoms with E-state index in [2.05, 4.69) is 45.4 Å². The maximum atomic E-state index is 9.10. The monoisotopic (exact) mass is 347 g/mol. The molecule has 0 aliphatic carbocycles. The van der Waals surface area contributed by atoms with Gasteiger partial charge in [0.1, 0.15) is 0 Å². The van der Waals surface area contributed by atoms with Crippen molar-refractivity contribution < 1.29 is 24.3 Å². The summed E-state index contributed by atoms with van der Waals surface area (Å²) in [7, 11) is 0. The summed E-state index contributed by atoms with van der Waals surface area (Å²) in [5.41, 5.74) is 1.42. The Morgan fingerprint density at radius 2 is 1.84 bits per heavy atom. The predicted octanol–water partition coefficient (Wildman–Crippen LogP) is 1.57. The molecule has 0 bridgehead atoms. The molecule has 8 nitrogen and oxygen atoms in total. The van der Waals surface area contributed by atoms with Gasteiger partial charge in [-0.3, -0.25) is 0 Å². The van der Waals surface area contributed by atoms with Gasteiger partial charge in [-0.1, -0.05) is 35.5 Å². The first-order chi connectivity index (χ1) is 12.0. The average Bonchev–Trinajstić information content (AvgIpc) is 2.97. The molecule has 0 radical (unpaired) electrons. The summed E-state index contributed by atoms with van der Waals surface area (Å²) in [4.78, 5) is 24.9. The Hall–Kier alpha value is -2.74. The number of hydrogen-bond donors (Lipinski definition) is 2. The maximum Gasteiger partial charge on any atom is 0.414 e. The highest BCUT2D eigenvalue weighted by molar-refractivity contribution is 6.27. The number of aliphatic carboxylic acids is 2. The van der Waals surface area contributed by atoms with E-state index < -0.39 is 11.9 Å². The molecule has 1 saturated heterocycles. The van der Waals surface area contributed by atoms with E-state index in [4.69, 9.17) is 24.3 Å². The molecule has 25 heavy (non-hydrogen) atoms. The highest BCUT2D eigenvalue weighted by Gasteiger charge is 2.31. The molecule has 2 aromatic rings. The second kappa shape index (κ2) is 8.93. The van der Waals surface area contributed by atoms with Crippen LogP contribution >= 0.6 is 0 Å². The predicted molar refractivity (Wildman–Crippen MR) is 88.3 cm³/mol. The SMILES string of the molecule is Cc1noc(C2CN(CCCc3ccccc3)C2)n1.O=C(O)C(=O)O. The van der Waals surface area contributed by atoms with Crippen LogP contribution in [0.15, 0.2) is 34.9 Å². The second-order valence-corrected chi connectivity index (χ2v) is 5.84. The standard InChI is InChI=1S/C15H19N3O.C2H2O4/c1-12-16-15(19-17-12)14-10-18(11-14)9-5-8-13-6-3-2-4-7-13;3-1(4)2(5)6/h2-4,6-7,14H,5,8-11H2,1H3;(H,3,4)(H,5,6). The Morgan fingerprint density at radius 3 is 2.36 bits per heavy atom. The van der Waals surface area contributed by atoms with Crippen molar-refractivity contribution in [2.24, 2.45) is 0 Å². The van der Waals surface area contributed by atoms with Gasteiger partial charge in [0.05, 0.1) is 5.92 Å². The summed E-state index contributed by atoms with van der Waals surface area (Å²) >= 11 is 0. The van der Waals surface area contributed by atoms with Gasteiger partial charge in [-0.15, -0.1) is 0 Å². The molecule has 1 aliphatic heterocycles. The summed E-state index contributed by atoms with van der Waals surface area (Å²) < 4.78 is 5.20. The summed E-state index contributed by atoms with van der Waals surface area (Å²) in [5, 5.41) is 18.6. The van der Waals surface area contributed by atoms with Gasteiger partial charge in [-0.2, -0.15) is 4.98 Å². The van der Waals surface area contributed by atoms with Gasteiger partial charge in [-0.25, -0.2) is 9.59 Å². The number of aryl methyl sites for hydroxylation is 2. The number of benzene rings is 1. The van der Waals surface area contributed by atoms with E-state index in [1.165, 1.54) is 12.0 Å². The van der Waals surface area contributed by atoms with Gasteiger partial charge in [-0.05, 0) is 31.9 Å². The fourth-order valence-electron chi connectivity index (χ4n) is 2.54. The van der Waals surface area contributed by atoms with Crippen LogP contribution in [0, 0.1) is 6.92 Å². The molecular formula is C17H21N3O5. The number of likely N-dealkylation sites (tertiary alicyclic amines) is 1. The third-order valence-corrected chi connectivity index (χ3v) is 3.82. The highest BCUT2D eigenvalue weighted by atomic mass is 16.5. The maximum absolute atomic E-state index is 9.10. The lowest BCUT2D eigenvalue weighted by Crippen LogP contribution is -2.45. The first-order valence-corrected chi connectivity index (χ1v) is 7.98. The topological polar surface area (TPSA) is 117 Å². The summed E-state index contributed by atoms with van der Waals surface area (Å²) in [6.45, 7) is 5.12. The molecule has 2 N–H and O–H groups in total. The zero-order valence-electron chi connectivity index (χ0n) is 14.0. The number of carbonyl (C=O) groups is 2. The zero-order valence-corrected chi connectivity index (χ0v) is 14.0. The fourth-order valence-corrected chi connectivity index (χ4v) is 2.54. The van der Waals surface area contributed by atoms with Crippen LogP contribution in [0.3, 0.4) is 0 Å². The summed E-state index contributed by atoms with van der Waals surface area (Å²) in [6.07, 6.45) is 2.36. The second-order valence-electron chi connectivity index (χ2n) is 5.84. The van der Waals surface area contributed by atoms with Crippen LogP contribution in [0.2, 0.25) is 0 Å². The normalized spacial score (nSPS) is 14.3. The number of carboxylic acid groups (broad SMARTS) is 2. The molecule has 0 saturated carbocycles. The van der Waals surface area contributed by atoms with Gasteiger partial charge < -0.3 is 19.6 Å². The Morgan fingerprint density at radius 1 is 1.20 bits per heavy atom. The largest absolute Gasteiger partial charge is 0.473 e. The third-order valence-electron chi connectivity index (χ3n) is 3.82. The molecule has 2 heterocycles. The average molecular weight is 347 g/mol. The van der Waals surface area contributed by atoms with Crippen molar-refractivity contribution >= 4 is 11.9 Å². The van der Waals surface area contributed by atoms with E-state index in [1.54, 1.807) is 0 Å². The van der Waals surface area contributed by atoms with Crippen molar-refractivity contribution in [3.8, 4) is 0 Å². The van der Waals surface area contributed by atoms with Crippen molar-refractivity contribution in [2.75, 3.05) is 19.6 Å². The van der Waals surface area contributed by atoms with Crippen LogP contribution in [0.5, 0.6) is 0 Å². The molecule has 0 spiro atoms. The van der Waals surface area contributed by atoms with Crippen LogP contribution in [0.4, 0.5) is 0 Å². The minimum Gasteiger partial charge on any atom is -0.473 e. The number of aromatic nitrogens is 2. The van der Waals surface area contributed by atoms with Crippen molar-refractivity contribution in [3.63, 3.8) is 0 Å². The lowest BCUT2D eigenvalue weighted by molar-refractivity contribution is -0.159. The molecular weight excluding hydrogens is 326 g/mol. The zero-order chi connectivity index (χ0) is 18.2. The highest BCUT2D eigenvalue weighted by Crippen LogP contribution is 2.25. The van der Waals surface area contributed by atoms with Crippen LogP contribution in [0.25, 0.3) is 0 Å². The smallest absolute Gasteiger partial charge is 0.414 e. The van der Waals surface area contributed by atoms with Crippen LogP contribution in [-0.4, -0.2) is 56.8 Å². The lowest BCUT2D eigenvalue weighted by Gasteiger charge is -2.37. The number of carboxylic acids is 2. The molecule has 3 rings (SSSR count). The van der Waals surface area contributed by atoms with E-state index in [-0.39, 0.29) is 0 Å². The van der Waals surface area contributed by atoms with Crippen LogP contribution < -0.4 is 0 Å². The third kappa shape index (κ3) is 6.00. The van der Waals surface area contributed by atoms with E-state index in [0.717, 1.165) is 37.8 Å². The van der Waals surface area contributed by atoms with E-state index >= 15 is 0 Å². The minimum atomic E-state index is -1.82. The van der Waals surface area contributed by atoms with Crippen LogP contribution in [0.1, 0.15) is 29.6 Å². The van der Waals surface area contributed by atoms with E-state index in [1.807, 2.05) is 6.92 Å². The quantitative estimate of drug-likeness (QED) is 0.783. The van der Waals surface area contributed by atoms with Gasteiger partial charge in [0.15, 0.2) is 5.82 Å². The van der Waals surface area contributed by atoms with Crippen molar-refractivity contribution in [1.29, 1.82) is 0 Å². The first kappa shape index (κ1) is 18.6. The Kier molecular flexibility index (Phi) is 6.64. The molecule has 1 aliphatic rings. The molecule has 134 valence electrons. The first-order valence-electron chi connectivity index (χ1n) is 7.98. The summed E-state index contributed by atoms with van der Waals surface area (Å²) in [5.74, 6) is -1.67. The number of rotatable bonds is 5. The molecule has 0 amide bonds. The number of nitrogens with zero attached hydrogens (tertiary/aromatic N) is 3. The Bertz CT molecular complexity index is 683. The van der Waals surface area contributed by atoms with Crippen molar-refractivity contribution in [3.05, 3.63) is 47.6 Å². The minimum absolute atomic E-state index is 0.443. The summed E-state index contributed by atoms with van der Waals surface area (Å²) in [6, 6.07) is 10.7. The lowest BCUT2D eigenvalue weighted by atomic mass is 9.99. The number of hydrogen-bond acceptors (Lipinski definition) is 6. The van der Waals surface area contributed by atoms with Crippen molar-refractivity contribution in [2.45, 2.75) is 25.7 Å². The van der Waals surface area contributed by atoms with Crippen molar-refractivity contribution in [1.82, 2.24) is 15.0 Å². The molecule has 1 fully saturated rings. The van der Waals surface area contributed by atoms with Gasteiger partial charge in [0.2, 0.25) is 5.89 Å². The molecule has 0 atom stereocenters. The van der Waals surface area contributed by atoms with Gasteiger partial charge in [0.25, 0.3) is 0 Å². The van der Waals surface area contributed by atoms with Crippen LogP contribution in [-0.2, 0) is 16.0 Å². The van der Waals surface area contributed by atoms with Gasteiger partial charge >= 0.3 is 11.9 Å². The van der Waals surface area contributed by atoms with E-state index in [9.17, 15) is 0 Å². The Labute approximate surface area is 145 Å². The fraction of sp³-hybridized carbons (Fsp3) is 0.412. The Balaban J connectivity index is 0.000000326. The van der Waals surface area contributed by atoms with Gasteiger partial charge in [0, 0.05) is 13.1 Å². The molecule has 1 aromatic heterocycles.